The highest BCUT2D eigenvalue weighted by molar-refractivity contribution is 5.00. The number of hydrogen-bond acceptors (Lipinski definition) is 1. The summed E-state index contributed by atoms with van der Waals surface area (Å²) in [6.45, 7) is 9.91. The van der Waals surface area contributed by atoms with Crippen LogP contribution in [0.4, 0.5) is 0 Å². The van der Waals surface area contributed by atoms with E-state index in [0.717, 1.165) is 5.57 Å². The van der Waals surface area contributed by atoms with Crippen molar-refractivity contribution in [2.75, 3.05) is 0 Å². The van der Waals surface area contributed by atoms with Gasteiger partial charge in [0, 0.05) is 6.04 Å². The molecule has 0 rings (SSSR count). The highest BCUT2D eigenvalue weighted by atomic mass is 14.6. The van der Waals surface area contributed by atoms with Crippen LogP contribution in [0.25, 0.3) is 0 Å². The van der Waals surface area contributed by atoms with Gasteiger partial charge in [-0.1, -0.05) is 26.0 Å². The van der Waals surface area contributed by atoms with E-state index < -0.39 is 0 Å². The molecule has 0 aliphatic carbocycles. The molecule has 0 aromatic heterocycles. The Kier molecular flexibility index (Phi) is 2.77. The van der Waals surface area contributed by atoms with E-state index in [-0.39, 0.29) is 6.04 Å². The van der Waals surface area contributed by atoms with Crippen LogP contribution in [0.3, 0.4) is 0 Å². The molecule has 0 radical (unpaired) electrons. The predicted molar refractivity (Wildman–Crippen MR) is 37.6 cm³/mol. The second-order valence-electron chi connectivity index (χ2n) is 2.62. The van der Waals surface area contributed by atoms with Gasteiger partial charge in [0.1, 0.15) is 0 Å². The standard InChI is InChI=1S/C7H15N/c1-5(2)7(8)6(3)4/h6-7H,1,8H2,2-4H3. The van der Waals surface area contributed by atoms with Crippen molar-refractivity contribution in [1.82, 2.24) is 0 Å². The fourth-order valence-corrected chi connectivity index (χ4v) is 0.569. The van der Waals surface area contributed by atoms with E-state index in [1.54, 1.807) is 0 Å². The van der Waals surface area contributed by atoms with Crippen molar-refractivity contribution >= 4 is 0 Å². The van der Waals surface area contributed by atoms with Crippen molar-refractivity contribution in [1.29, 1.82) is 0 Å². The van der Waals surface area contributed by atoms with E-state index in [1.807, 2.05) is 6.92 Å². The highest BCUT2D eigenvalue weighted by Crippen LogP contribution is 2.05. The summed E-state index contributed by atoms with van der Waals surface area (Å²) in [5.41, 5.74) is 6.73. The zero-order valence-corrected chi connectivity index (χ0v) is 5.94. The molecule has 0 amide bonds. The van der Waals surface area contributed by atoms with Crippen LogP contribution in [0.2, 0.25) is 0 Å². The summed E-state index contributed by atoms with van der Waals surface area (Å²) in [7, 11) is 0. The van der Waals surface area contributed by atoms with Crippen LogP contribution in [0.5, 0.6) is 0 Å². The third kappa shape index (κ3) is 2.12. The van der Waals surface area contributed by atoms with Gasteiger partial charge in [0.15, 0.2) is 0 Å². The lowest BCUT2D eigenvalue weighted by Crippen LogP contribution is -2.26. The van der Waals surface area contributed by atoms with Crippen LogP contribution in [0, 0.1) is 5.92 Å². The largest absolute Gasteiger partial charge is 0.324 e. The summed E-state index contributed by atoms with van der Waals surface area (Å²) in [6, 6.07) is 0.176. The molecule has 1 atom stereocenters. The Morgan fingerprint density at radius 3 is 1.88 bits per heavy atom. The first-order chi connectivity index (χ1) is 3.55. The first-order valence-corrected chi connectivity index (χ1v) is 2.96. The molecule has 1 nitrogen and oxygen atoms in total. The number of hydrogen-bond donors (Lipinski definition) is 1. The van der Waals surface area contributed by atoms with Gasteiger partial charge in [-0.3, -0.25) is 0 Å². The topological polar surface area (TPSA) is 26.0 Å². The Hall–Kier alpha value is -0.300. The summed E-state index contributed by atoms with van der Waals surface area (Å²) in [4.78, 5) is 0. The van der Waals surface area contributed by atoms with Crippen LogP contribution >= 0.6 is 0 Å². The second-order valence-corrected chi connectivity index (χ2v) is 2.62. The Morgan fingerprint density at radius 1 is 1.50 bits per heavy atom. The van der Waals surface area contributed by atoms with Crippen molar-refractivity contribution in [3.05, 3.63) is 12.2 Å². The average molecular weight is 113 g/mol. The van der Waals surface area contributed by atoms with Gasteiger partial charge in [-0.25, -0.2) is 0 Å². The fraction of sp³-hybridized carbons (Fsp3) is 0.714. The van der Waals surface area contributed by atoms with Crippen LogP contribution in [-0.4, -0.2) is 6.04 Å². The van der Waals surface area contributed by atoms with Crippen molar-refractivity contribution in [3.63, 3.8) is 0 Å². The predicted octanol–water partition coefficient (Wildman–Crippen LogP) is 1.55. The summed E-state index contributed by atoms with van der Waals surface area (Å²) < 4.78 is 0. The van der Waals surface area contributed by atoms with E-state index in [1.165, 1.54) is 0 Å². The van der Waals surface area contributed by atoms with E-state index >= 15 is 0 Å². The first kappa shape index (κ1) is 7.70. The molecule has 0 heterocycles. The molecular weight excluding hydrogens is 98.1 g/mol. The summed E-state index contributed by atoms with van der Waals surface area (Å²) >= 11 is 0. The molecule has 0 aromatic rings. The van der Waals surface area contributed by atoms with Crippen molar-refractivity contribution in [3.8, 4) is 0 Å². The molecule has 0 saturated heterocycles. The first-order valence-electron chi connectivity index (χ1n) is 2.96. The summed E-state index contributed by atoms with van der Waals surface area (Å²) in [5, 5.41) is 0. The van der Waals surface area contributed by atoms with Gasteiger partial charge in [0.25, 0.3) is 0 Å². The van der Waals surface area contributed by atoms with Crippen LogP contribution in [-0.2, 0) is 0 Å². The number of rotatable bonds is 2. The van der Waals surface area contributed by atoms with Gasteiger partial charge in [-0.2, -0.15) is 0 Å². The fourth-order valence-electron chi connectivity index (χ4n) is 0.569. The molecule has 0 bridgehead atoms. The third-order valence-corrected chi connectivity index (χ3v) is 1.29. The maximum atomic E-state index is 5.66. The lowest BCUT2D eigenvalue weighted by molar-refractivity contribution is 0.550. The van der Waals surface area contributed by atoms with Gasteiger partial charge in [-0.15, -0.1) is 0 Å². The second kappa shape index (κ2) is 2.88. The van der Waals surface area contributed by atoms with Crippen LogP contribution in [0.1, 0.15) is 20.8 Å². The molecule has 0 fully saturated rings. The van der Waals surface area contributed by atoms with Gasteiger partial charge >= 0.3 is 0 Å². The Bertz CT molecular complexity index is 84.4. The van der Waals surface area contributed by atoms with Gasteiger partial charge in [-0.05, 0) is 12.8 Å². The maximum absolute atomic E-state index is 5.66. The quantitative estimate of drug-likeness (QED) is 0.540. The lowest BCUT2D eigenvalue weighted by atomic mass is 10.00. The molecule has 1 heteroatoms. The van der Waals surface area contributed by atoms with Crippen LogP contribution in [0.15, 0.2) is 12.2 Å². The molecule has 2 N–H and O–H groups in total. The molecule has 0 spiro atoms. The Labute approximate surface area is 51.6 Å². The van der Waals surface area contributed by atoms with E-state index in [9.17, 15) is 0 Å². The van der Waals surface area contributed by atoms with E-state index in [2.05, 4.69) is 20.4 Å². The van der Waals surface area contributed by atoms with Crippen LogP contribution < -0.4 is 5.73 Å². The minimum atomic E-state index is 0.176. The van der Waals surface area contributed by atoms with Gasteiger partial charge in [0.05, 0.1) is 0 Å². The van der Waals surface area contributed by atoms with Gasteiger partial charge < -0.3 is 5.73 Å². The minimum Gasteiger partial charge on any atom is -0.324 e. The van der Waals surface area contributed by atoms with Crippen molar-refractivity contribution < 1.29 is 0 Å². The van der Waals surface area contributed by atoms with E-state index in [0.29, 0.717) is 5.92 Å². The summed E-state index contributed by atoms with van der Waals surface area (Å²) in [6.07, 6.45) is 0. The molecule has 8 heavy (non-hydrogen) atoms. The lowest BCUT2D eigenvalue weighted by Gasteiger charge is -2.14. The van der Waals surface area contributed by atoms with E-state index in [4.69, 9.17) is 5.73 Å². The molecule has 0 saturated carbocycles. The molecule has 48 valence electrons. The van der Waals surface area contributed by atoms with Gasteiger partial charge in [0.2, 0.25) is 0 Å². The normalized spacial score (nSPS) is 14.1. The minimum absolute atomic E-state index is 0.176. The molecular formula is C7H15N. The molecule has 0 aliphatic rings. The molecule has 0 aliphatic heterocycles. The third-order valence-electron chi connectivity index (χ3n) is 1.29. The maximum Gasteiger partial charge on any atom is 0.0271 e. The van der Waals surface area contributed by atoms with Crippen molar-refractivity contribution in [2.45, 2.75) is 26.8 Å². The number of nitrogens with two attached hydrogens (primary N) is 1. The smallest absolute Gasteiger partial charge is 0.0271 e. The molecule has 1 unspecified atom stereocenters. The SMILES string of the molecule is C=C(C)C(N)C(C)C. The Morgan fingerprint density at radius 2 is 1.88 bits per heavy atom. The zero-order valence-electron chi connectivity index (χ0n) is 5.94. The molecule has 0 aromatic carbocycles. The highest BCUT2D eigenvalue weighted by Gasteiger charge is 2.05. The Balaban J connectivity index is 3.64. The monoisotopic (exact) mass is 113 g/mol. The average Bonchev–Trinajstić information content (AvgIpc) is 1.64. The van der Waals surface area contributed by atoms with Crippen molar-refractivity contribution in [2.24, 2.45) is 11.7 Å². The zero-order chi connectivity index (χ0) is 6.73. The summed E-state index contributed by atoms with van der Waals surface area (Å²) in [5.74, 6) is 0.521.